The normalized spacial score (nSPS) is 10.4. The summed E-state index contributed by atoms with van der Waals surface area (Å²) in [5, 5.41) is 0.433. The molecule has 6 heteroatoms. The van der Waals surface area contributed by atoms with Gasteiger partial charge in [-0.15, -0.1) is 0 Å². The molecule has 0 aliphatic carbocycles. The van der Waals surface area contributed by atoms with Gasteiger partial charge in [-0.3, -0.25) is 0 Å². The molecular weight excluding hydrogens is 266 g/mol. The van der Waals surface area contributed by atoms with Gasteiger partial charge in [0.25, 0.3) is 0 Å². The molecule has 0 bridgehead atoms. The summed E-state index contributed by atoms with van der Waals surface area (Å²) < 4.78 is 18.2. The third-order valence-electron chi connectivity index (χ3n) is 1.89. The maximum absolute atomic E-state index is 12.8. The van der Waals surface area contributed by atoms with Crippen molar-refractivity contribution in [1.82, 2.24) is 9.97 Å². The van der Waals surface area contributed by atoms with Crippen LogP contribution < -0.4 is 4.74 Å². The molecule has 2 rings (SSSR count). The van der Waals surface area contributed by atoms with Gasteiger partial charge in [-0.25, -0.2) is 9.37 Å². The zero-order valence-electron chi connectivity index (χ0n) is 8.75. The van der Waals surface area contributed by atoms with E-state index in [1.165, 1.54) is 18.2 Å². The molecule has 1 aromatic heterocycles. The first-order chi connectivity index (χ1) is 8.04. The van der Waals surface area contributed by atoms with Gasteiger partial charge in [0.15, 0.2) is 0 Å². The number of ether oxygens (including phenoxy) is 1. The molecule has 2 aromatic rings. The fourth-order valence-corrected chi connectivity index (χ4v) is 1.65. The van der Waals surface area contributed by atoms with Crippen LogP contribution in [-0.2, 0) is 0 Å². The Morgan fingerprint density at radius 1 is 1.18 bits per heavy atom. The maximum atomic E-state index is 12.8. The van der Waals surface area contributed by atoms with Crippen molar-refractivity contribution >= 4 is 23.2 Å². The second kappa shape index (κ2) is 4.85. The van der Waals surface area contributed by atoms with E-state index in [-0.39, 0.29) is 16.1 Å². The highest BCUT2D eigenvalue weighted by Gasteiger charge is 2.07. The third kappa shape index (κ3) is 3.05. The Hall–Kier alpha value is -1.39. The SMILES string of the molecule is Cc1nc(Cl)cc(Oc2ccc(F)cc2Cl)n1. The maximum Gasteiger partial charge on any atom is 0.224 e. The van der Waals surface area contributed by atoms with E-state index in [2.05, 4.69) is 9.97 Å². The molecule has 1 aromatic carbocycles. The first-order valence-corrected chi connectivity index (χ1v) is 5.44. The van der Waals surface area contributed by atoms with Crippen LogP contribution in [-0.4, -0.2) is 9.97 Å². The Morgan fingerprint density at radius 3 is 2.59 bits per heavy atom. The Bertz CT molecular complexity index is 543. The van der Waals surface area contributed by atoms with Crippen LogP contribution in [0.1, 0.15) is 5.82 Å². The van der Waals surface area contributed by atoms with Gasteiger partial charge in [-0.1, -0.05) is 23.2 Å². The predicted molar refractivity (Wildman–Crippen MR) is 63.3 cm³/mol. The Morgan fingerprint density at radius 2 is 1.94 bits per heavy atom. The molecule has 0 unspecified atom stereocenters. The second-order valence-electron chi connectivity index (χ2n) is 3.25. The van der Waals surface area contributed by atoms with E-state index >= 15 is 0 Å². The molecule has 0 atom stereocenters. The van der Waals surface area contributed by atoms with E-state index in [0.29, 0.717) is 11.6 Å². The number of benzene rings is 1. The van der Waals surface area contributed by atoms with Crippen LogP contribution in [0.3, 0.4) is 0 Å². The lowest BCUT2D eigenvalue weighted by molar-refractivity contribution is 0.458. The minimum Gasteiger partial charge on any atom is -0.437 e. The topological polar surface area (TPSA) is 35.0 Å². The molecule has 0 radical (unpaired) electrons. The minimum atomic E-state index is -0.431. The first kappa shape index (κ1) is 12.1. The smallest absolute Gasteiger partial charge is 0.224 e. The molecule has 0 fully saturated rings. The van der Waals surface area contributed by atoms with Crippen molar-refractivity contribution in [3.63, 3.8) is 0 Å². The summed E-state index contributed by atoms with van der Waals surface area (Å²) in [6.07, 6.45) is 0. The van der Waals surface area contributed by atoms with Gasteiger partial charge >= 0.3 is 0 Å². The fourth-order valence-electron chi connectivity index (χ4n) is 1.23. The average Bonchev–Trinajstić information content (AvgIpc) is 2.21. The molecule has 0 spiro atoms. The highest BCUT2D eigenvalue weighted by Crippen LogP contribution is 2.29. The lowest BCUT2D eigenvalue weighted by Gasteiger charge is -2.07. The van der Waals surface area contributed by atoms with Crippen molar-refractivity contribution in [2.45, 2.75) is 6.92 Å². The molecule has 3 nitrogen and oxygen atoms in total. The predicted octanol–water partition coefficient (Wildman–Crippen LogP) is 4.02. The molecule has 1 heterocycles. The Balaban J connectivity index is 2.31. The Labute approximate surface area is 107 Å². The Kier molecular flexibility index (Phi) is 3.45. The molecule has 0 aliphatic heterocycles. The quantitative estimate of drug-likeness (QED) is 0.775. The van der Waals surface area contributed by atoms with Gasteiger partial charge in [0.1, 0.15) is 22.5 Å². The van der Waals surface area contributed by atoms with Crippen molar-refractivity contribution in [3.8, 4) is 11.6 Å². The van der Waals surface area contributed by atoms with Crippen LogP contribution in [0.15, 0.2) is 24.3 Å². The summed E-state index contributed by atoms with van der Waals surface area (Å²) >= 11 is 11.6. The van der Waals surface area contributed by atoms with Crippen molar-refractivity contribution in [1.29, 1.82) is 0 Å². The van der Waals surface area contributed by atoms with Gasteiger partial charge in [0, 0.05) is 6.07 Å². The van der Waals surface area contributed by atoms with Crippen LogP contribution in [0, 0.1) is 12.7 Å². The number of nitrogens with zero attached hydrogens (tertiary/aromatic N) is 2. The lowest BCUT2D eigenvalue weighted by Crippen LogP contribution is -1.93. The molecule has 0 saturated carbocycles. The standard InChI is InChI=1S/C11H7Cl2FN2O/c1-6-15-10(13)5-11(16-6)17-9-3-2-7(14)4-8(9)12/h2-5H,1H3. The van der Waals surface area contributed by atoms with E-state index in [1.807, 2.05) is 0 Å². The van der Waals surface area contributed by atoms with Gasteiger partial charge < -0.3 is 4.74 Å². The number of hydrogen-bond acceptors (Lipinski definition) is 3. The highest BCUT2D eigenvalue weighted by molar-refractivity contribution is 6.32. The molecule has 0 aliphatic rings. The number of hydrogen-bond donors (Lipinski definition) is 0. The molecular formula is C11H7Cl2FN2O. The van der Waals surface area contributed by atoms with Crippen LogP contribution in [0.5, 0.6) is 11.6 Å². The van der Waals surface area contributed by atoms with Crippen LogP contribution in [0.4, 0.5) is 4.39 Å². The summed E-state index contributed by atoms with van der Waals surface area (Å²) in [5.74, 6) is 0.614. The molecule has 17 heavy (non-hydrogen) atoms. The van der Waals surface area contributed by atoms with Gasteiger partial charge in [0.05, 0.1) is 5.02 Å². The molecule has 0 saturated heterocycles. The summed E-state index contributed by atoms with van der Waals surface area (Å²) in [5.41, 5.74) is 0. The average molecular weight is 273 g/mol. The zero-order valence-corrected chi connectivity index (χ0v) is 10.3. The lowest BCUT2D eigenvalue weighted by atomic mass is 10.3. The zero-order chi connectivity index (χ0) is 12.4. The summed E-state index contributed by atoms with van der Waals surface area (Å²) in [6.45, 7) is 1.69. The number of aryl methyl sites for hydroxylation is 1. The summed E-state index contributed by atoms with van der Waals surface area (Å²) in [4.78, 5) is 7.92. The largest absolute Gasteiger partial charge is 0.437 e. The number of aromatic nitrogens is 2. The van der Waals surface area contributed by atoms with Crippen LogP contribution >= 0.6 is 23.2 Å². The fraction of sp³-hybridized carbons (Fsp3) is 0.0909. The van der Waals surface area contributed by atoms with Crippen LogP contribution in [0.2, 0.25) is 10.2 Å². The third-order valence-corrected chi connectivity index (χ3v) is 2.38. The van der Waals surface area contributed by atoms with E-state index in [4.69, 9.17) is 27.9 Å². The second-order valence-corrected chi connectivity index (χ2v) is 4.05. The van der Waals surface area contributed by atoms with Gasteiger partial charge in [0.2, 0.25) is 5.88 Å². The van der Waals surface area contributed by atoms with Gasteiger partial charge in [-0.2, -0.15) is 4.98 Å². The van der Waals surface area contributed by atoms with Crippen molar-refractivity contribution in [2.24, 2.45) is 0 Å². The molecule has 0 N–H and O–H groups in total. The van der Waals surface area contributed by atoms with E-state index < -0.39 is 5.82 Å². The summed E-state index contributed by atoms with van der Waals surface area (Å²) in [7, 11) is 0. The number of halogens is 3. The van der Waals surface area contributed by atoms with E-state index in [9.17, 15) is 4.39 Å². The van der Waals surface area contributed by atoms with E-state index in [0.717, 1.165) is 6.07 Å². The van der Waals surface area contributed by atoms with Gasteiger partial charge in [-0.05, 0) is 25.1 Å². The van der Waals surface area contributed by atoms with Crippen molar-refractivity contribution in [3.05, 3.63) is 46.1 Å². The molecule has 88 valence electrons. The number of rotatable bonds is 2. The van der Waals surface area contributed by atoms with E-state index in [1.54, 1.807) is 6.92 Å². The first-order valence-electron chi connectivity index (χ1n) is 4.69. The van der Waals surface area contributed by atoms with Crippen LogP contribution in [0.25, 0.3) is 0 Å². The van der Waals surface area contributed by atoms with Crippen molar-refractivity contribution in [2.75, 3.05) is 0 Å². The summed E-state index contributed by atoms with van der Waals surface area (Å²) in [6, 6.07) is 5.28. The highest BCUT2D eigenvalue weighted by atomic mass is 35.5. The monoisotopic (exact) mass is 272 g/mol. The van der Waals surface area contributed by atoms with Crippen molar-refractivity contribution < 1.29 is 9.13 Å². The minimum absolute atomic E-state index is 0.164. The molecule has 0 amide bonds.